The molecule has 1 amide bonds. The van der Waals surface area contributed by atoms with E-state index in [0.29, 0.717) is 5.92 Å². The third-order valence-corrected chi connectivity index (χ3v) is 5.63. The molecule has 0 unspecified atom stereocenters. The Hall–Kier alpha value is -1.77. The van der Waals surface area contributed by atoms with Gasteiger partial charge in [0.05, 0.1) is 12.7 Å². The van der Waals surface area contributed by atoms with Crippen LogP contribution in [0.15, 0.2) is 37.4 Å². The van der Waals surface area contributed by atoms with Crippen molar-refractivity contribution in [3.05, 3.63) is 37.4 Å². The van der Waals surface area contributed by atoms with Crippen LogP contribution in [0.1, 0.15) is 47.9 Å². The Labute approximate surface area is 211 Å². The summed E-state index contributed by atoms with van der Waals surface area (Å²) in [4.78, 5) is 22.0. The zero-order valence-electron chi connectivity index (χ0n) is 20.1. The lowest BCUT2D eigenvalue weighted by Crippen LogP contribution is -2.43. The van der Waals surface area contributed by atoms with E-state index in [1.165, 1.54) is 19.4 Å². The van der Waals surface area contributed by atoms with Gasteiger partial charge in [0, 0.05) is 52.4 Å². The van der Waals surface area contributed by atoms with Gasteiger partial charge in [0.15, 0.2) is 0 Å². The number of nitrogens with one attached hydrogen (secondary N) is 1. The second kappa shape index (κ2) is 14.5. The first-order valence-electron chi connectivity index (χ1n) is 11.5. The summed E-state index contributed by atoms with van der Waals surface area (Å²) in [6.45, 7) is 11.7. The first-order valence-corrected chi connectivity index (χ1v) is 11.5. The number of rotatable bonds is 4. The van der Waals surface area contributed by atoms with Crippen LogP contribution in [-0.2, 0) is 17.8 Å². The van der Waals surface area contributed by atoms with Crippen LogP contribution in [0.5, 0.6) is 0 Å². The third kappa shape index (κ3) is 10.8. The van der Waals surface area contributed by atoms with Crippen molar-refractivity contribution >= 4 is 30.9 Å². The maximum absolute atomic E-state index is 12.0. The van der Waals surface area contributed by atoms with Crippen molar-refractivity contribution in [2.75, 3.05) is 26.2 Å². The van der Waals surface area contributed by atoms with Gasteiger partial charge in [-0.15, -0.1) is 24.8 Å². The van der Waals surface area contributed by atoms with Gasteiger partial charge in [0.2, 0.25) is 0 Å². The number of hydrogen-bond donors (Lipinski definition) is 1. The van der Waals surface area contributed by atoms with Crippen molar-refractivity contribution in [3.63, 3.8) is 0 Å². The molecule has 0 aromatic carbocycles. The van der Waals surface area contributed by atoms with E-state index in [2.05, 4.69) is 24.4 Å². The van der Waals surface area contributed by atoms with Crippen molar-refractivity contribution in [1.29, 1.82) is 0 Å². The van der Waals surface area contributed by atoms with Crippen LogP contribution in [0, 0.1) is 11.8 Å². The Morgan fingerprint density at radius 1 is 1.03 bits per heavy atom. The van der Waals surface area contributed by atoms with Crippen molar-refractivity contribution in [3.8, 4) is 0 Å². The zero-order valence-corrected chi connectivity index (χ0v) is 21.7. The van der Waals surface area contributed by atoms with E-state index in [-0.39, 0.29) is 32.3 Å². The molecule has 0 spiro atoms. The predicted molar refractivity (Wildman–Crippen MR) is 137 cm³/mol. The Morgan fingerprint density at radius 2 is 1.64 bits per heavy atom. The number of imidazole rings is 2. The monoisotopic (exact) mass is 504 g/mol. The van der Waals surface area contributed by atoms with Crippen LogP contribution in [0.4, 0.5) is 4.79 Å². The van der Waals surface area contributed by atoms with E-state index >= 15 is 0 Å². The summed E-state index contributed by atoms with van der Waals surface area (Å²) in [6, 6.07) is 0. The molecular weight excluding hydrogens is 463 g/mol. The fraction of sp³-hybridized carbons (Fsp3) is 0.696. The average Bonchev–Trinajstić information content (AvgIpc) is 3.43. The van der Waals surface area contributed by atoms with Gasteiger partial charge in [0.25, 0.3) is 0 Å². The third-order valence-electron chi connectivity index (χ3n) is 5.63. The lowest BCUT2D eigenvalue weighted by molar-refractivity contribution is 0.0157. The van der Waals surface area contributed by atoms with Crippen LogP contribution in [0.3, 0.4) is 0 Å². The summed E-state index contributed by atoms with van der Waals surface area (Å²) in [5.74, 6) is 1.28. The number of nitrogens with zero attached hydrogens (tertiary/aromatic N) is 5. The fourth-order valence-corrected chi connectivity index (χ4v) is 4.17. The molecule has 4 rings (SSSR count). The van der Waals surface area contributed by atoms with Crippen LogP contribution < -0.4 is 5.32 Å². The topological polar surface area (TPSA) is 77.2 Å². The highest BCUT2D eigenvalue weighted by molar-refractivity contribution is 5.85. The molecule has 190 valence electrons. The van der Waals surface area contributed by atoms with Gasteiger partial charge in [-0.05, 0) is 71.4 Å². The van der Waals surface area contributed by atoms with Crippen LogP contribution in [-0.4, -0.2) is 61.9 Å². The van der Waals surface area contributed by atoms with Crippen molar-refractivity contribution < 1.29 is 11.0 Å². The summed E-state index contributed by atoms with van der Waals surface area (Å²) in [5.41, 5.74) is -0.422. The normalized spacial score (nSPS) is 20.5. The molecule has 2 atom stereocenters. The molecule has 2 aromatic rings. The standard InChI is InChI=1S/C14H23N3O2.C9H15N3.2ClH.H2/c1-14(2,3)19-13(18)17-7-4-5-12(10-17)9-16-8-6-15-11-16;1-2-9(6-10-3-1)7-12-5-4-11-8-12;;;/h6,8,11-12H,4-5,7,9-10H2,1-3H3;4-5,8-10H,1-3,6-7H2;3*1H/t12-;9-;;;/m10.../s1. The highest BCUT2D eigenvalue weighted by Crippen LogP contribution is 2.20. The summed E-state index contributed by atoms with van der Waals surface area (Å²) in [7, 11) is 0. The summed E-state index contributed by atoms with van der Waals surface area (Å²) in [6.07, 6.45) is 16.0. The molecule has 1 N–H and O–H groups in total. The number of hydrogen-bond acceptors (Lipinski definition) is 5. The molecule has 4 heterocycles. The maximum Gasteiger partial charge on any atom is 0.410 e. The number of piperidine rings is 2. The lowest BCUT2D eigenvalue weighted by atomic mass is 9.98. The quantitative estimate of drug-likeness (QED) is 0.662. The molecule has 8 nitrogen and oxygen atoms in total. The Kier molecular flexibility index (Phi) is 12.8. The van der Waals surface area contributed by atoms with Crippen molar-refractivity contribution in [1.82, 2.24) is 29.3 Å². The molecule has 2 saturated heterocycles. The molecule has 0 aliphatic carbocycles. The van der Waals surface area contributed by atoms with E-state index in [4.69, 9.17) is 4.74 Å². The fourth-order valence-electron chi connectivity index (χ4n) is 4.17. The number of ether oxygens (including phenoxy) is 1. The summed E-state index contributed by atoms with van der Waals surface area (Å²) < 4.78 is 9.67. The summed E-state index contributed by atoms with van der Waals surface area (Å²) in [5, 5.41) is 3.41. The maximum atomic E-state index is 12.0. The van der Waals surface area contributed by atoms with E-state index in [0.717, 1.165) is 51.5 Å². The van der Waals surface area contributed by atoms with E-state index in [1.807, 2.05) is 56.9 Å². The van der Waals surface area contributed by atoms with Crippen molar-refractivity contribution in [2.24, 2.45) is 11.8 Å². The average molecular weight is 506 g/mol. The summed E-state index contributed by atoms with van der Waals surface area (Å²) >= 11 is 0. The Morgan fingerprint density at radius 3 is 2.15 bits per heavy atom. The molecule has 0 saturated carbocycles. The van der Waals surface area contributed by atoms with Crippen LogP contribution in [0.2, 0.25) is 0 Å². The zero-order chi connectivity index (χ0) is 22.1. The molecule has 2 aliphatic heterocycles. The Balaban J connectivity index is 0.000000635. The van der Waals surface area contributed by atoms with E-state index in [9.17, 15) is 4.79 Å². The Bertz CT molecular complexity index is 765. The van der Waals surface area contributed by atoms with Gasteiger partial charge in [-0.3, -0.25) is 0 Å². The van der Waals surface area contributed by atoms with Gasteiger partial charge in [-0.2, -0.15) is 0 Å². The SMILES string of the molecule is CC(C)(C)OC(=O)N1CCC[C@H](Cn2ccnc2)C1.Cl.Cl.[HH].c1cn(C[C@H]2CCCNC2)cn1. The minimum atomic E-state index is -0.422. The molecule has 2 fully saturated rings. The number of carbonyl (C=O) groups is 1. The molecule has 2 aliphatic rings. The number of halogens is 2. The smallest absolute Gasteiger partial charge is 0.410 e. The number of carbonyl (C=O) groups excluding carboxylic acids is 1. The molecular formula is C23H42Cl2N6O2. The second-order valence-electron chi connectivity index (χ2n) is 9.67. The minimum absolute atomic E-state index is 0. The predicted octanol–water partition coefficient (Wildman–Crippen LogP) is 4.50. The van der Waals surface area contributed by atoms with Gasteiger partial charge in [0.1, 0.15) is 5.60 Å². The lowest BCUT2D eigenvalue weighted by Gasteiger charge is -2.34. The van der Waals surface area contributed by atoms with Crippen LogP contribution >= 0.6 is 24.8 Å². The van der Waals surface area contributed by atoms with E-state index < -0.39 is 5.60 Å². The van der Waals surface area contributed by atoms with Crippen LogP contribution in [0.25, 0.3) is 0 Å². The van der Waals surface area contributed by atoms with Gasteiger partial charge in [-0.1, -0.05) is 0 Å². The molecule has 2 aromatic heterocycles. The van der Waals surface area contributed by atoms with E-state index in [1.54, 1.807) is 6.20 Å². The molecule has 33 heavy (non-hydrogen) atoms. The number of amides is 1. The molecule has 0 radical (unpaired) electrons. The first-order chi connectivity index (χ1) is 14.9. The first kappa shape index (κ1) is 29.3. The number of aromatic nitrogens is 4. The molecule has 0 bridgehead atoms. The molecule has 10 heteroatoms. The second-order valence-corrected chi connectivity index (χ2v) is 9.67. The van der Waals surface area contributed by atoms with Gasteiger partial charge >= 0.3 is 6.09 Å². The highest BCUT2D eigenvalue weighted by atomic mass is 35.5. The minimum Gasteiger partial charge on any atom is -0.444 e. The van der Waals surface area contributed by atoms with Gasteiger partial charge < -0.3 is 24.1 Å². The number of likely N-dealkylation sites (tertiary alicyclic amines) is 1. The van der Waals surface area contributed by atoms with Gasteiger partial charge in [-0.25, -0.2) is 14.8 Å². The highest BCUT2D eigenvalue weighted by Gasteiger charge is 2.27. The largest absolute Gasteiger partial charge is 0.444 e. The van der Waals surface area contributed by atoms with Crippen molar-refractivity contribution in [2.45, 2.75) is 65.1 Å².